The summed E-state index contributed by atoms with van der Waals surface area (Å²) in [5.41, 5.74) is 5.32. The smallest absolute Gasteiger partial charge is 0.244 e. The number of halogens is 1. The van der Waals surface area contributed by atoms with Crippen LogP contribution in [0.15, 0.2) is 23.1 Å². The number of hydrogen-bond acceptors (Lipinski definition) is 3. The zero-order chi connectivity index (χ0) is 14.7. The Morgan fingerprint density at radius 1 is 1.32 bits per heavy atom. The first-order chi connectivity index (χ1) is 8.82. The van der Waals surface area contributed by atoms with Crippen LogP contribution in [-0.2, 0) is 10.0 Å². The first-order valence-corrected chi connectivity index (χ1v) is 7.79. The van der Waals surface area contributed by atoms with Gasteiger partial charge in [-0.1, -0.05) is 26.0 Å². The molecule has 0 fully saturated rings. The monoisotopic (exact) mass is 288 g/mol. The fraction of sp³-hybridized carbons (Fsp3) is 0.538. The van der Waals surface area contributed by atoms with Crippen molar-refractivity contribution in [3.8, 4) is 0 Å². The summed E-state index contributed by atoms with van der Waals surface area (Å²) in [6.07, 6.45) is 1.10. The Kier molecular flexibility index (Phi) is 5.06. The van der Waals surface area contributed by atoms with E-state index in [1.807, 2.05) is 13.8 Å². The molecule has 0 aliphatic heterocycles. The molecule has 0 unspecified atom stereocenters. The summed E-state index contributed by atoms with van der Waals surface area (Å²) < 4.78 is 41.1. The van der Waals surface area contributed by atoms with Crippen LogP contribution in [0.5, 0.6) is 0 Å². The lowest BCUT2D eigenvalue weighted by atomic mass is 9.95. The van der Waals surface area contributed by atoms with E-state index >= 15 is 0 Å². The molecule has 0 saturated carbocycles. The molecule has 0 spiro atoms. The number of aryl methyl sites for hydroxylation is 1. The van der Waals surface area contributed by atoms with Crippen molar-refractivity contribution in [2.75, 3.05) is 6.54 Å². The van der Waals surface area contributed by atoms with E-state index in [0.717, 1.165) is 6.07 Å². The molecule has 3 N–H and O–H groups in total. The van der Waals surface area contributed by atoms with Gasteiger partial charge in [0.25, 0.3) is 0 Å². The molecule has 0 amide bonds. The lowest BCUT2D eigenvalue weighted by molar-refractivity contribution is 0.362. The molecule has 19 heavy (non-hydrogen) atoms. The van der Waals surface area contributed by atoms with Crippen LogP contribution in [0.2, 0.25) is 0 Å². The minimum Gasteiger partial charge on any atom is -0.329 e. The maximum atomic E-state index is 13.8. The van der Waals surface area contributed by atoms with E-state index in [1.54, 1.807) is 13.0 Å². The second kappa shape index (κ2) is 5.98. The van der Waals surface area contributed by atoms with Crippen molar-refractivity contribution < 1.29 is 12.8 Å². The minimum atomic E-state index is -3.92. The minimum absolute atomic E-state index is 0.173. The summed E-state index contributed by atoms with van der Waals surface area (Å²) in [5.74, 6) is -0.745. The van der Waals surface area contributed by atoms with Gasteiger partial charge in [-0.15, -0.1) is 0 Å². The average Bonchev–Trinajstić information content (AvgIpc) is 2.35. The van der Waals surface area contributed by atoms with E-state index in [2.05, 4.69) is 4.72 Å². The van der Waals surface area contributed by atoms with Gasteiger partial charge in [0.05, 0.1) is 0 Å². The molecule has 1 aromatic carbocycles. The number of sulfonamides is 1. The zero-order valence-corrected chi connectivity index (χ0v) is 12.3. The molecule has 0 aromatic heterocycles. The van der Waals surface area contributed by atoms with Crippen molar-refractivity contribution in [1.82, 2.24) is 4.72 Å². The van der Waals surface area contributed by atoms with Crippen molar-refractivity contribution in [2.24, 2.45) is 5.73 Å². The molecule has 0 atom stereocenters. The fourth-order valence-corrected chi connectivity index (χ4v) is 3.88. The first-order valence-electron chi connectivity index (χ1n) is 6.31. The van der Waals surface area contributed by atoms with E-state index < -0.39 is 21.4 Å². The number of hydrogen-bond donors (Lipinski definition) is 2. The quantitative estimate of drug-likeness (QED) is 0.840. The standard InChI is InChI=1S/C13H21FN2O2S/c1-4-13(5-2,9-15)16-19(17,18)12-10(3)7-6-8-11(12)14/h6-8,16H,4-5,9,15H2,1-3H3. The molecule has 1 aromatic rings. The van der Waals surface area contributed by atoms with Gasteiger partial charge in [0.1, 0.15) is 10.7 Å². The van der Waals surface area contributed by atoms with Crippen LogP contribution in [-0.4, -0.2) is 20.5 Å². The molecule has 1 rings (SSSR count). The third-order valence-electron chi connectivity index (χ3n) is 3.53. The van der Waals surface area contributed by atoms with Crippen LogP contribution in [0.25, 0.3) is 0 Å². The number of nitrogens with one attached hydrogen (secondary N) is 1. The van der Waals surface area contributed by atoms with Crippen molar-refractivity contribution in [1.29, 1.82) is 0 Å². The Hall–Kier alpha value is -0.980. The second-order valence-electron chi connectivity index (χ2n) is 4.68. The maximum Gasteiger partial charge on any atom is 0.244 e. The molecule has 108 valence electrons. The summed E-state index contributed by atoms with van der Waals surface area (Å²) in [7, 11) is -3.92. The molecule has 0 aliphatic carbocycles. The highest BCUT2D eigenvalue weighted by molar-refractivity contribution is 7.89. The van der Waals surface area contributed by atoms with Gasteiger partial charge in [0.15, 0.2) is 0 Å². The van der Waals surface area contributed by atoms with Crippen LogP contribution >= 0.6 is 0 Å². The summed E-state index contributed by atoms with van der Waals surface area (Å²) in [6.45, 7) is 5.45. The van der Waals surface area contributed by atoms with Gasteiger partial charge < -0.3 is 5.73 Å². The lowest BCUT2D eigenvalue weighted by Crippen LogP contribution is -2.52. The second-order valence-corrected chi connectivity index (χ2v) is 6.30. The predicted molar refractivity (Wildman–Crippen MR) is 73.8 cm³/mol. The summed E-state index contributed by atoms with van der Waals surface area (Å²) >= 11 is 0. The largest absolute Gasteiger partial charge is 0.329 e. The molecule has 0 heterocycles. The van der Waals surface area contributed by atoms with Crippen LogP contribution in [0.3, 0.4) is 0 Å². The van der Waals surface area contributed by atoms with Gasteiger partial charge in [-0.2, -0.15) is 0 Å². The van der Waals surface area contributed by atoms with Crippen molar-refractivity contribution in [3.05, 3.63) is 29.6 Å². The Labute approximate surface area is 114 Å². The van der Waals surface area contributed by atoms with E-state index in [-0.39, 0.29) is 11.4 Å². The highest BCUT2D eigenvalue weighted by Crippen LogP contribution is 2.23. The summed E-state index contributed by atoms with van der Waals surface area (Å²) in [4.78, 5) is -0.297. The molecule has 4 nitrogen and oxygen atoms in total. The molecule has 0 aliphatic rings. The maximum absolute atomic E-state index is 13.8. The summed E-state index contributed by atoms with van der Waals surface area (Å²) in [5, 5.41) is 0. The molecule has 0 radical (unpaired) electrons. The van der Waals surface area contributed by atoms with Crippen molar-refractivity contribution >= 4 is 10.0 Å². The fourth-order valence-electron chi connectivity index (χ4n) is 2.02. The van der Waals surface area contributed by atoms with Crippen LogP contribution in [0, 0.1) is 12.7 Å². The Morgan fingerprint density at radius 2 is 1.89 bits per heavy atom. The summed E-state index contributed by atoms with van der Waals surface area (Å²) in [6, 6.07) is 4.20. The Balaban J connectivity index is 3.26. The third kappa shape index (κ3) is 3.32. The highest BCUT2D eigenvalue weighted by atomic mass is 32.2. The van der Waals surface area contributed by atoms with E-state index in [9.17, 15) is 12.8 Å². The first kappa shape index (κ1) is 16.1. The molecular weight excluding hydrogens is 267 g/mol. The van der Waals surface area contributed by atoms with Crippen LogP contribution in [0.4, 0.5) is 4.39 Å². The SMILES string of the molecule is CCC(CC)(CN)NS(=O)(=O)c1c(C)cccc1F. The van der Waals surface area contributed by atoms with Gasteiger partial charge in [-0.3, -0.25) is 0 Å². The van der Waals surface area contributed by atoms with Crippen LogP contribution < -0.4 is 10.5 Å². The lowest BCUT2D eigenvalue weighted by Gasteiger charge is -2.31. The Morgan fingerprint density at radius 3 is 2.32 bits per heavy atom. The van der Waals surface area contributed by atoms with E-state index in [0.29, 0.717) is 18.4 Å². The average molecular weight is 288 g/mol. The van der Waals surface area contributed by atoms with Crippen molar-refractivity contribution in [3.63, 3.8) is 0 Å². The van der Waals surface area contributed by atoms with Gasteiger partial charge in [0.2, 0.25) is 10.0 Å². The topological polar surface area (TPSA) is 72.2 Å². The molecule has 0 bridgehead atoms. The Bertz CT molecular complexity index is 511. The number of benzene rings is 1. The van der Waals surface area contributed by atoms with Gasteiger partial charge >= 0.3 is 0 Å². The third-order valence-corrected chi connectivity index (χ3v) is 5.28. The van der Waals surface area contributed by atoms with Crippen LogP contribution in [0.1, 0.15) is 32.3 Å². The molecule has 0 saturated heterocycles. The number of rotatable bonds is 6. The normalized spacial score (nSPS) is 12.7. The van der Waals surface area contributed by atoms with Gasteiger partial charge in [-0.25, -0.2) is 17.5 Å². The molecular formula is C13H21FN2O2S. The van der Waals surface area contributed by atoms with E-state index in [4.69, 9.17) is 5.73 Å². The number of nitrogens with two attached hydrogens (primary N) is 1. The van der Waals surface area contributed by atoms with Gasteiger partial charge in [0, 0.05) is 12.1 Å². The van der Waals surface area contributed by atoms with Gasteiger partial charge in [-0.05, 0) is 31.4 Å². The van der Waals surface area contributed by atoms with Crippen molar-refractivity contribution in [2.45, 2.75) is 44.0 Å². The zero-order valence-electron chi connectivity index (χ0n) is 11.5. The predicted octanol–water partition coefficient (Wildman–Crippen LogP) is 1.93. The van der Waals surface area contributed by atoms with E-state index in [1.165, 1.54) is 6.07 Å². The highest BCUT2D eigenvalue weighted by Gasteiger charge is 2.32. The molecule has 6 heteroatoms.